The first-order valence-electron chi connectivity index (χ1n) is 18.2. The Morgan fingerprint density at radius 1 is 0.625 bits per heavy atom. The highest BCUT2D eigenvalue weighted by molar-refractivity contribution is 7.97. The normalized spacial score (nSPS) is 15.9. The van der Waals surface area contributed by atoms with E-state index in [9.17, 15) is 4.79 Å². The highest BCUT2D eigenvalue weighted by Gasteiger charge is 2.53. The molecule has 0 bridgehead atoms. The van der Waals surface area contributed by atoms with Gasteiger partial charge < -0.3 is 14.8 Å². The van der Waals surface area contributed by atoms with Crippen LogP contribution in [0.3, 0.4) is 0 Å². The molecule has 0 aliphatic carbocycles. The number of nitrogens with one attached hydrogen (secondary N) is 1. The molecule has 0 aromatic heterocycles. The molecule has 0 fully saturated rings. The first kappa shape index (κ1) is 34.1. The van der Waals surface area contributed by atoms with Crippen molar-refractivity contribution >= 4 is 29.3 Å². The SMILES string of the molecule is CCCCCCCCN(CCCCCCCC)Sc1ccc2c(c1)Oc1ccc(Nc3ccccc3)cc1C21OC(=O)c2ccccc21. The van der Waals surface area contributed by atoms with Gasteiger partial charge in [-0.05, 0) is 79.4 Å². The van der Waals surface area contributed by atoms with E-state index in [1.54, 1.807) is 0 Å². The number of fused-ring (bicyclic) bond motifs is 6. The maximum absolute atomic E-state index is 13.4. The summed E-state index contributed by atoms with van der Waals surface area (Å²) in [6.07, 6.45) is 15.5. The van der Waals surface area contributed by atoms with E-state index in [-0.39, 0.29) is 5.97 Å². The molecule has 252 valence electrons. The minimum Gasteiger partial charge on any atom is -0.456 e. The van der Waals surface area contributed by atoms with Crippen molar-refractivity contribution in [2.75, 3.05) is 18.4 Å². The van der Waals surface area contributed by atoms with Gasteiger partial charge in [0.15, 0.2) is 5.60 Å². The van der Waals surface area contributed by atoms with Gasteiger partial charge in [-0.25, -0.2) is 9.10 Å². The van der Waals surface area contributed by atoms with E-state index in [2.05, 4.69) is 47.7 Å². The van der Waals surface area contributed by atoms with Crippen molar-refractivity contribution in [1.82, 2.24) is 4.31 Å². The average molecular weight is 663 g/mol. The van der Waals surface area contributed by atoms with E-state index in [1.165, 1.54) is 77.0 Å². The standard InChI is InChI=1S/C42H50N2O3S/c1-3-5-7-9-11-18-28-44(29-19-12-10-8-6-4-2)48-34-25-26-37-40(31-34)46-39-27-24-33(43-32-20-14-13-15-21-32)30-38(39)42(37)36-23-17-16-22-35(36)41(45)47-42/h13-17,20-27,30-31,43H,3-12,18-19,28-29H2,1-2H3. The molecule has 2 aliphatic heterocycles. The lowest BCUT2D eigenvalue weighted by atomic mass is 9.77. The molecule has 2 heterocycles. The third kappa shape index (κ3) is 7.76. The van der Waals surface area contributed by atoms with Crippen molar-refractivity contribution in [3.8, 4) is 11.5 Å². The number of nitrogens with zero attached hydrogens (tertiary/aromatic N) is 1. The quantitative estimate of drug-likeness (QED) is 0.0650. The van der Waals surface area contributed by atoms with Crippen LogP contribution in [0.2, 0.25) is 0 Å². The maximum Gasteiger partial charge on any atom is 0.340 e. The molecule has 4 aromatic rings. The number of para-hydroxylation sites is 1. The Bertz CT molecular complexity index is 1640. The van der Waals surface area contributed by atoms with Crippen LogP contribution in [0.5, 0.6) is 11.5 Å². The van der Waals surface area contributed by atoms with E-state index in [0.717, 1.165) is 51.8 Å². The van der Waals surface area contributed by atoms with Crippen LogP contribution in [0.4, 0.5) is 11.4 Å². The molecular formula is C42H50N2O3S. The number of carbonyl (C=O) groups is 1. The molecule has 4 aromatic carbocycles. The summed E-state index contributed by atoms with van der Waals surface area (Å²) >= 11 is 1.84. The summed E-state index contributed by atoms with van der Waals surface area (Å²) < 4.78 is 15.7. The number of carbonyl (C=O) groups excluding carboxylic acids is 1. The lowest BCUT2D eigenvalue weighted by Gasteiger charge is -2.37. The number of unbranched alkanes of at least 4 members (excludes halogenated alkanes) is 10. The van der Waals surface area contributed by atoms with E-state index < -0.39 is 5.60 Å². The second-order valence-electron chi connectivity index (χ2n) is 13.1. The molecule has 48 heavy (non-hydrogen) atoms. The van der Waals surface area contributed by atoms with Crippen molar-refractivity contribution in [2.45, 2.75) is 101 Å². The molecule has 0 radical (unpaired) electrons. The van der Waals surface area contributed by atoms with Gasteiger partial charge in [0.05, 0.1) is 5.56 Å². The topological polar surface area (TPSA) is 50.8 Å². The van der Waals surface area contributed by atoms with Crippen LogP contribution in [-0.2, 0) is 10.3 Å². The molecular weight excluding hydrogens is 613 g/mol. The van der Waals surface area contributed by atoms with Crippen LogP contribution in [0, 0.1) is 0 Å². The maximum atomic E-state index is 13.4. The summed E-state index contributed by atoms with van der Waals surface area (Å²) in [5.74, 6) is 1.12. The van der Waals surface area contributed by atoms with Gasteiger partial charge >= 0.3 is 5.97 Å². The first-order chi connectivity index (χ1) is 23.6. The van der Waals surface area contributed by atoms with Crippen LogP contribution >= 0.6 is 11.9 Å². The second-order valence-corrected chi connectivity index (χ2v) is 14.3. The minimum absolute atomic E-state index is 0.312. The molecule has 6 rings (SSSR count). The minimum atomic E-state index is -1.09. The number of hydrogen-bond acceptors (Lipinski definition) is 6. The van der Waals surface area contributed by atoms with Crippen LogP contribution in [0.1, 0.15) is 118 Å². The summed E-state index contributed by atoms with van der Waals surface area (Å²) in [7, 11) is 0. The fourth-order valence-corrected chi connectivity index (χ4v) is 7.99. The molecule has 1 N–H and O–H groups in total. The van der Waals surface area contributed by atoms with Crippen molar-refractivity contribution in [2.24, 2.45) is 0 Å². The van der Waals surface area contributed by atoms with Crippen LogP contribution in [-0.4, -0.2) is 23.4 Å². The molecule has 1 spiro atoms. The molecule has 2 aliphatic rings. The fraction of sp³-hybridized carbons (Fsp3) is 0.405. The Morgan fingerprint density at radius 2 is 1.29 bits per heavy atom. The average Bonchev–Trinajstić information content (AvgIpc) is 3.40. The van der Waals surface area contributed by atoms with Crippen LogP contribution in [0.25, 0.3) is 0 Å². The van der Waals surface area contributed by atoms with Gasteiger partial charge in [0.25, 0.3) is 0 Å². The molecule has 1 unspecified atom stereocenters. The molecule has 0 saturated carbocycles. The van der Waals surface area contributed by atoms with E-state index in [1.807, 2.05) is 78.7 Å². The number of ether oxygens (including phenoxy) is 2. The van der Waals surface area contributed by atoms with Crippen molar-refractivity contribution in [3.05, 3.63) is 113 Å². The zero-order chi connectivity index (χ0) is 33.2. The lowest BCUT2D eigenvalue weighted by molar-refractivity contribution is 0.0224. The highest BCUT2D eigenvalue weighted by Crippen LogP contribution is 2.57. The molecule has 5 nitrogen and oxygen atoms in total. The smallest absolute Gasteiger partial charge is 0.340 e. The second kappa shape index (κ2) is 16.6. The number of hydrogen-bond donors (Lipinski definition) is 1. The summed E-state index contributed by atoms with van der Waals surface area (Å²) in [5, 5.41) is 3.51. The monoisotopic (exact) mass is 662 g/mol. The third-order valence-electron chi connectivity index (χ3n) is 9.50. The Labute approximate surface area is 291 Å². The van der Waals surface area contributed by atoms with Gasteiger partial charge in [-0.3, -0.25) is 0 Å². The Balaban J connectivity index is 1.27. The van der Waals surface area contributed by atoms with E-state index >= 15 is 0 Å². The van der Waals surface area contributed by atoms with Crippen molar-refractivity contribution in [1.29, 1.82) is 0 Å². The van der Waals surface area contributed by atoms with Gasteiger partial charge in [0, 0.05) is 46.1 Å². The van der Waals surface area contributed by atoms with Gasteiger partial charge in [0.1, 0.15) is 11.5 Å². The largest absolute Gasteiger partial charge is 0.456 e. The van der Waals surface area contributed by atoms with Gasteiger partial charge in [0.2, 0.25) is 0 Å². The molecule has 0 amide bonds. The predicted octanol–water partition coefficient (Wildman–Crippen LogP) is 12.0. The predicted molar refractivity (Wildman–Crippen MR) is 199 cm³/mol. The fourth-order valence-electron chi connectivity index (χ4n) is 6.96. The van der Waals surface area contributed by atoms with E-state index in [4.69, 9.17) is 9.47 Å². The zero-order valence-corrected chi connectivity index (χ0v) is 29.5. The zero-order valence-electron chi connectivity index (χ0n) is 28.6. The number of esters is 1. The Hall–Kier alpha value is -3.74. The van der Waals surface area contributed by atoms with Gasteiger partial charge in [-0.1, -0.05) is 114 Å². The van der Waals surface area contributed by atoms with E-state index in [0.29, 0.717) is 11.3 Å². The van der Waals surface area contributed by atoms with Crippen molar-refractivity contribution in [3.63, 3.8) is 0 Å². The molecule has 1 atom stereocenters. The van der Waals surface area contributed by atoms with Crippen LogP contribution in [0.15, 0.2) is 95.9 Å². The molecule has 6 heteroatoms. The van der Waals surface area contributed by atoms with Crippen LogP contribution < -0.4 is 10.1 Å². The van der Waals surface area contributed by atoms with Crippen molar-refractivity contribution < 1.29 is 14.3 Å². The lowest BCUT2D eigenvalue weighted by Crippen LogP contribution is -2.33. The number of anilines is 2. The highest BCUT2D eigenvalue weighted by atomic mass is 32.2. The number of benzene rings is 4. The molecule has 0 saturated heterocycles. The number of rotatable bonds is 18. The summed E-state index contributed by atoms with van der Waals surface area (Å²) in [6.45, 7) is 6.71. The summed E-state index contributed by atoms with van der Waals surface area (Å²) in [5.41, 5.74) is 3.92. The summed E-state index contributed by atoms with van der Waals surface area (Å²) in [4.78, 5) is 14.6. The first-order valence-corrected chi connectivity index (χ1v) is 18.9. The Morgan fingerprint density at radius 3 is 2.02 bits per heavy atom. The summed E-state index contributed by atoms with van der Waals surface area (Å²) in [6, 6.07) is 30.4. The Kier molecular flexibility index (Phi) is 11.8. The van der Waals surface area contributed by atoms with Gasteiger partial charge in [-0.2, -0.15) is 0 Å². The van der Waals surface area contributed by atoms with Gasteiger partial charge in [-0.15, -0.1) is 0 Å². The third-order valence-corrected chi connectivity index (χ3v) is 10.6.